The van der Waals surface area contributed by atoms with Crippen LogP contribution in [0.5, 0.6) is 0 Å². The van der Waals surface area contributed by atoms with Crippen molar-refractivity contribution in [2.24, 2.45) is 22.7 Å². The molecule has 2 aliphatic carbocycles. The highest BCUT2D eigenvalue weighted by atomic mass is 16.5. The summed E-state index contributed by atoms with van der Waals surface area (Å²) in [7, 11) is 0. The van der Waals surface area contributed by atoms with Crippen molar-refractivity contribution in [1.82, 2.24) is 0 Å². The molecule has 0 aliphatic heterocycles. The number of aliphatic hydroxyl groups is 1. The predicted molar refractivity (Wildman–Crippen MR) is 103 cm³/mol. The minimum absolute atomic E-state index is 0.114. The van der Waals surface area contributed by atoms with Crippen molar-refractivity contribution in [2.45, 2.75) is 59.2 Å². The van der Waals surface area contributed by atoms with E-state index in [9.17, 15) is 19.5 Å². The molecular weight excluding hydrogens is 344 g/mol. The molecule has 1 N–H and O–H groups in total. The van der Waals surface area contributed by atoms with Gasteiger partial charge in [-0.2, -0.15) is 0 Å². The molecule has 0 amide bonds. The maximum atomic E-state index is 12.3. The molecule has 5 heteroatoms. The number of hydrogen-bond donors (Lipinski definition) is 1. The number of carbonyl (C=O) groups is 3. The number of ether oxygens (including phenoxy) is 1. The van der Waals surface area contributed by atoms with Crippen LogP contribution in [-0.4, -0.2) is 35.9 Å². The minimum atomic E-state index is -1.27. The van der Waals surface area contributed by atoms with Crippen LogP contribution in [0, 0.1) is 22.7 Å². The third kappa shape index (κ3) is 3.57. The average molecular weight is 374 g/mol. The van der Waals surface area contributed by atoms with Crippen molar-refractivity contribution in [2.75, 3.05) is 0 Å². The Morgan fingerprint density at radius 1 is 1.37 bits per heavy atom. The van der Waals surface area contributed by atoms with Crippen LogP contribution in [-0.2, 0) is 19.1 Å². The number of aldehydes is 2. The zero-order valence-corrected chi connectivity index (χ0v) is 16.6. The van der Waals surface area contributed by atoms with E-state index in [2.05, 4.69) is 26.5 Å². The second-order valence-corrected chi connectivity index (χ2v) is 8.24. The smallest absolute Gasteiger partial charge is 0.303 e. The van der Waals surface area contributed by atoms with E-state index < -0.39 is 23.6 Å². The molecule has 0 heterocycles. The SMILES string of the molecule is C=C/C(C)=C/C[C@]1(C)[C@H](C)C[C@H](O)[C@@]2(C=O)C(C=O)=C[C@@H](OC(C)=O)C[C@@H]12. The fourth-order valence-electron chi connectivity index (χ4n) is 4.90. The number of aliphatic hydroxyl groups excluding tert-OH is 1. The van der Waals surface area contributed by atoms with Crippen LogP contribution in [0.25, 0.3) is 0 Å². The summed E-state index contributed by atoms with van der Waals surface area (Å²) >= 11 is 0. The van der Waals surface area contributed by atoms with E-state index in [4.69, 9.17) is 4.74 Å². The van der Waals surface area contributed by atoms with Gasteiger partial charge in [-0.1, -0.05) is 38.2 Å². The van der Waals surface area contributed by atoms with Gasteiger partial charge in [0.05, 0.1) is 11.5 Å². The minimum Gasteiger partial charge on any atom is -0.458 e. The van der Waals surface area contributed by atoms with Crippen LogP contribution in [0.2, 0.25) is 0 Å². The van der Waals surface area contributed by atoms with Crippen molar-refractivity contribution in [3.05, 3.63) is 36.0 Å². The lowest BCUT2D eigenvalue weighted by molar-refractivity contribution is -0.162. The van der Waals surface area contributed by atoms with Crippen LogP contribution in [0.1, 0.15) is 47.0 Å². The van der Waals surface area contributed by atoms with Crippen LogP contribution in [0.3, 0.4) is 0 Å². The Bertz CT molecular complexity index is 691. The van der Waals surface area contributed by atoms with Crippen molar-refractivity contribution in [3.8, 4) is 0 Å². The highest BCUT2D eigenvalue weighted by molar-refractivity contribution is 5.86. The topological polar surface area (TPSA) is 80.7 Å². The molecule has 6 atom stereocenters. The molecule has 0 aromatic carbocycles. The first-order valence-electron chi connectivity index (χ1n) is 9.44. The molecule has 0 radical (unpaired) electrons. The van der Waals surface area contributed by atoms with E-state index in [1.165, 1.54) is 13.0 Å². The van der Waals surface area contributed by atoms with Gasteiger partial charge in [-0.15, -0.1) is 0 Å². The van der Waals surface area contributed by atoms with Gasteiger partial charge in [-0.25, -0.2) is 0 Å². The summed E-state index contributed by atoms with van der Waals surface area (Å²) in [6.45, 7) is 11.2. The third-order valence-corrected chi connectivity index (χ3v) is 6.79. The van der Waals surface area contributed by atoms with Gasteiger partial charge in [0.15, 0.2) is 0 Å². The quantitative estimate of drug-likeness (QED) is 0.439. The van der Waals surface area contributed by atoms with Gasteiger partial charge in [0.1, 0.15) is 18.7 Å². The maximum Gasteiger partial charge on any atom is 0.303 e. The molecular formula is C22H30O5. The van der Waals surface area contributed by atoms with Crippen molar-refractivity contribution in [1.29, 1.82) is 0 Å². The molecule has 27 heavy (non-hydrogen) atoms. The molecule has 0 aromatic rings. The second kappa shape index (κ2) is 7.93. The zero-order chi connectivity index (χ0) is 20.4. The summed E-state index contributed by atoms with van der Waals surface area (Å²) in [5.74, 6) is -0.651. The highest BCUT2D eigenvalue weighted by Gasteiger charge is 2.62. The molecule has 0 bridgehead atoms. The first-order chi connectivity index (χ1) is 12.6. The van der Waals surface area contributed by atoms with Crippen LogP contribution < -0.4 is 0 Å². The fraction of sp³-hybridized carbons (Fsp3) is 0.591. The normalized spacial score (nSPS) is 39.0. The monoisotopic (exact) mass is 374 g/mol. The molecule has 1 saturated carbocycles. The van der Waals surface area contributed by atoms with Gasteiger partial charge in [0.25, 0.3) is 0 Å². The second-order valence-electron chi connectivity index (χ2n) is 8.24. The van der Waals surface area contributed by atoms with Crippen molar-refractivity contribution in [3.63, 3.8) is 0 Å². The van der Waals surface area contributed by atoms with Gasteiger partial charge in [0, 0.05) is 12.5 Å². The standard InChI is InChI=1S/C22H30O5/c1-6-14(2)7-8-21(5)15(3)9-20(26)22(13-24)17(12-23)10-18(11-19(21)22)27-16(4)25/h6-7,10,12-13,15,18-20,26H,1,8-9,11H2,2-5H3/b14-7+/t15-,18-,19+,20+,21-,22+/m1/s1. The van der Waals surface area contributed by atoms with Crippen LogP contribution >= 0.6 is 0 Å². The van der Waals surface area contributed by atoms with E-state index in [1.54, 1.807) is 6.08 Å². The van der Waals surface area contributed by atoms with Gasteiger partial charge in [0.2, 0.25) is 0 Å². The van der Waals surface area contributed by atoms with E-state index in [0.29, 0.717) is 25.5 Å². The van der Waals surface area contributed by atoms with E-state index >= 15 is 0 Å². The van der Waals surface area contributed by atoms with Crippen LogP contribution in [0.4, 0.5) is 0 Å². The van der Waals surface area contributed by atoms with Crippen molar-refractivity contribution >= 4 is 18.5 Å². The summed E-state index contributed by atoms with van der Waals surface area (Å²) in [6, 6.07) is 0. The number of esters is 1. The summed E-state index contributed by atoms with van der Waals surface area (Å²) < 4.78 is 5.37. The Hall–Kier alpha value is -2.01. The molecule has 1 fully saturated rings. The average Bonchev–Trinajstić information content (AvgIpc) is 2.63. The van der Waals surface area contributed by atoms with E-state index in [-0.39, 0.29) is 22.8 Å². The van der Waals surface area contributed by atoms with Gasteiger partial charge in [-0.3, -0.25) is 9.59 Å². The molecule has 0 spiro atoms. The third-order valence-electron chi connectivity index (χ3n) is 6.79. The molecule has 2 rings (SSSR count). The van der Waals surface area contributed by atoms with E-state index in [0.717, 1.165) is 11.9 Å². The number of fused-ring (bicyclic) bond motifs is 1. The Morgan fingerprint density at radius 2 is 2.04 bits per heavy atom. The number of allylic oxidation sites excluding steroid dienone is 3. The van der Waals surface area contributed by atoms with Gasteiger partial charge < -0.3 is 14.6 Å². The summed E-state index contributed by atoms with van der Waals surface area (Å²) in [6.07, 6.45) is 6.73. The molecule has 0 aromatic heterocycles. The van der Waals surface area contributed by atoms with Gasteiger partial charge in [-0.05, 0) is 49.5 Å². The number of hydrogen-bond acceptors (Lipinski definition) is 5. The van der Waals surface area contributed by atoms with Crippen LogP contribution in [0.15, 0.2) is 36.0 Å². The Labute approximate surface area is 161 Å². The Balaban J connectivity index is 2.61. The number of carbonyl (C=O) groups excluding carboxylic acids is 3. The molecule has 0 saturated heterocycles. The lowest BCUT2D eigenvalue weighted by atomic mass is 9.45. The van der Waals surface area contributed by atoms with Crippen molar-refractivity contribution < 1.29 is 24.2 Å². The summed E-state index contributed by atoms with van der Waals surface area (Å²) in [4.78, 5) is 35.7. The number of rotatable bonds is 6. The van der Waals surface area contributed by atoms with Gasteiger partial charge >= 0.3 is 5.97 Å². The Morgan fingerprint density at radius 3 is 2.56 bits per heavy atom. The summed E-state index contributed by atoms with van der Waals surface area (Å²) in [5.41, 5.74) is -0.374. The summed E-state index contributed by atoms with van der Waals surface area (Å²) in [5, 5.41) is 10.9. The predicted octanol–water partition coefficient (Wildman–Crippen LogP) is 3.18. The molecule has 0 unspecified atom stereocenters. The maximum absolute atomic E-state index is 12.3. The molecule has 5 nitrogen and oxygen atoms in total. The molecule has 2 aliphatic rings. The lowest BCUT2D eigenvalue weighted by Crippen LogP contribution is -2.60. The fourth-order valence-corrected chi connectivity index (χ4v) is 4.90. The highest BCUT2D eigenvalue weighted by Crippen LogP contribution is 2.61. The Kier molecular flexibility index (Phi) is 6.25. The lowest BCUT2D eigenvalue weighted by Gasteiger charge is -2.58. The first kappa shape index (κ1) is 21.3. The zero-order valence-electron chi connectivity index (χ0n) is 16.6. The van der Waals surface area contributed by atoms with E-state index in [1.807, 2.05) is 6.92 Å². The largest absolute Gasteiger partial charge is 0.458 e. The molecule has 148 valence electrons. The first-order valence-corrected chi connectivity index (χ1v) is 9.44.